The Morgan fingerprint density at radius 1 is 1.43 bits per heavy atom. The minimum Gasteiger partial charge on any atom is -0.359 e. The van der Waals surface area contributed by atoms with E-state index in [2.05, 4.69) is 33.7 Å². The molecule has 1 amide bonds. The highest BCUT2D eigenvalue weighted by Gasteiger charge is 2.12. The highest BCUT2D eigenvalue weighted by molar-refractivity contribution is 5.75. The van der Waals surface area contributed by atoms with Gasteiger partial charge in [0.2, 0.25) is 5.91 Å². The van der Waals surface area contributed by atoms with Crippen molar-refractivity contribution in [1.82, 2.24) is 19.9 Å². The zero-order chi connectivity index (χ0) is 15.2. The SMILES string of the molecule is CNC(=O)CCCc1nc2cccnc2n1CCC(C)C. The molecule has 21 heavy (non-hydrogen) atoms. The number of amides is 1. The summed E-state index contributed by atoms with van der Waals surface area (Å²) in [5.74, 6) is 1.76. The van der Waals surface area contributed by atoms with Gasteiger partial charge in [0.1, 0.15) is 11.3 Å². The van der Waals surface area contributed by atoms with Crippen LogP contribution in [0.4, 0.5) is 0 Å². The first-order valence-corrected chi connectivity index (χ1v) is 7.62. The van der Waals surface area contributed by atoms with E-state index in [1.54, 1.807) is 7.05 Å². The van der Waals surface area contributed by atoms with E-state index >= 15 is 0 Å². The Labute approximate surface area is 125 Å². The molecule has 5 heteroatoms. The molecular weight excluding hydrogens is 264 g/mol. The number of pyridine rings is 1. The lowest BCUT2D eigenvalue weighted by Gasteiger charge is -2.10. The quantitative estimate of drug-likeness (QED) is 0.851. The van der Waals surface area contributed by atoms with Gasteiger partial charge in [-0.1, -0.05) is 13.8 Å². The monoisotopic (exact) mass is 288 g/mol. The van der Waals surface area contributed by atoms with Crippen molar-refractivity contribution in [2.45, 2.75) is 46.1 Å². The molecule has 1 N–H and O–H groups in total. The summed E-state index contributed by atoms with van der Waals surface area (Å²) in [6.45, 7) is 5.37. The second kappa shape index (κ2) is 7.20. The van der Waals surface area contributed by atoms with Crippen LogP contribution in [0.15, 0.2) is 18.3 Å². The van der Waals surface area contributed by atoms with E-state index in [9.17, 15) is 4.79 Å². The average molecular weight is 288 g/mol. The van der Waals surface area contributed by atoms with Gasteiger partial charge >= 0.3 is 0 Å². The molecule has 2 aromatic heterocycles. The second-order valence-electron chi connectivity index (χ2n) is 5.74. The predicted molar refractivity (Wildman–Crippen MR) is 84.0 cm³/mol. The first-order valence-electron chi connectivity index (χ1n) is 7.62. The number of aromatic nitrogens is 3. The van der Waals surface area contributed by atoms with Gasteiger partial charge in [-0.15, -0.1) is 0 Å². The Morgan fingerprint density at radius 2 is 2.24 bits per heavy atom. The first kappa shape index (κ1) is 15.5. The van der Waals surface area contributed by atoms with Crippen molar-refractivity contribution < 1.29 is 4.79 Å². The number of aryl methyl sites for hydroxylation is 2. The Morgan fingerprint density at radius 3 is 2.95 bits per heavy atom. The third-order valence-corrected chi connectivity index (χ3v) is 3.60. The van der Waals surface area contributed by atoms with Crippen LogP contribution in [0, 0.1) is 5.92 Å². The van der Waals surface area contributed by atoms with E-state index < -0.39 is 0 Å². The van der Waals surface area contributed by atoms with Crippen LogP contribution in [0.2, 0.25) is 0 Å². The van der Waals surface area contributed by atoms with E-state index in [0.29, 0.717) is 12.3 Å². The van der Waals surface area contributed by atoms with Gasteiger partial charge in [0.25, 0.3) is 0 Å². The Balaban J connectivity index is 2.16. The van der Waals surface area contributed by atoms with Crippen LogP contribution in [0.3, 0.4) is 0 Å². The van der Waals surface area contributed by atoms with E-state index in [0.717, 1.165) is 42.8 Å². The average Bonchev–Trinajstić information content (AvgIpc) is 2.82. The van der Waals surface area contributed by atoms with Crippen LogP contribution in [0.1, 0.15) is 38.9 Å². The number of imidazole rings is 1. The normalized spacial score (nSPS) is 11.2. The molecule has 2 rings (SSSR count). The van der Waals surface area contributed by atoms with Crippen molar-refractivity contribution in [2.24, 2.45) is 5.92 Å². The number of hydrogen-bond acceptors (Lipinski definition) is 3. The first-order chi connectivity index (χ1) is 10.1. The van der Waals surface area contributed by atoms with E-state index in [-0.39, 0.29) is 5.91 Å². The number of hydrogen-bond donors (Lipinski definition) is 1. The third kappa shape index (κ3) is 4.03. The fourth-order valence-electron chi connectivity index (χ4n) is 2.35. The Bertz CT molecular complexity index is 603. The van der Waals surface area contributed by atoms with Crippen LogP contribution in [0.5, 0.6) is 0 Å². The number of fused-ring (bicyclic) bond motifs is 1. The van der Waals surface area contributed by atoms with Crippen LogP contribution < -0.4 is 5.32 Å². The number of rotatable bonds is 7. The molecule has 0 bridgehead atoms. The number of carbonyl (C=O) groups is 1. The summed E-state index contributed by atoms with van der Waals surface area (Å²) in [4.78, 5) is 20.5. The fraction of sp³-hybridized carbons (Fsp3) is 0.562. The molecule has 0 saturated carbocycles. The number of carbonyl (C=O) groups excluding carboxylic acids is 1. The van der Waals surface area contributed by atoms with Gasteiger partial charge in [0.05, 0.1) is 0 Å². The molecule has 2 heterocycles. The predicted octanol–water partition coefficient (Wildman–Crippen LogP) is 2.55. The van der Waals surface area contributed by atoms with Crippen molar-refractivity contribution in [1.29, 1.82) is 0 Å². The van der Waals surface area contributed by atoms with Gasteiger partial charge in [-0.2, -0.15) is 0 Å². The summed E-state index contributed by atoms with van der Waals surface area (Å²) in [5.41, 5.74) is 1.89. The number of nitrogens with one attached hydrogen (secondary N) is 1. The standard InChI is InChI=1S/C16H24N4O/c1-12(2)9-11-20-14(7-4-8-15(21)17-3)19-13-6-5-10-18-16(13)20/h5-6,10,12H,4,7-9,11H2,1-3H3,(H,17,21). The van der Waals surface area contributed by atoms with Crippen molar-refractivity contribution in [3.05, 3.63) is 24.2 Å². The summed E-state index contributed by atoms with van der Waals surface area (Å²) in [6, 6.07) is 3.91. The van der Waals surface area contributed by atoms with Crippen LogP contribution in [-0.2, 0) is 17.8 Å². The third-order valence-electron chi connectivity index (χ3n) is 3.60. The molecule has 0 spiro atoms. The van der Waals surface area contributed by atoms with Crippen LogP contribution in [-0.4, -0.2) is 27.5 Å². The lowest BCUT2D eigenvalue weighted by molar-refractivity contribution is -0.120. The van der Waals surface area contributed by atoms with Crippen molar-refractivity contribution in [3.8, 4) is 0 Å². The zero-order valence-electron chi connectivity index (χ0n) is 13.1. The van der Waals surface area contributed by atoms with Crippen LogP contribution >= 0.6 is 0 Å². The lowest BCUT2D eigenvalue weighted by Crippen LogP contribution is -2.17. The minimum atomic E-state index is 0.0815. The molecule has 5 nitrogen and oxygen atoms in total. The van der Waals surface area contributed by atoms with Crippen molar-refractivity contribution in [3.63, 3.8) is 0 Å². The van der Waals surface area contributed by atoms with Gasteiger partial charge in [0.15, 0.2) is 5.65 Å². The fourth-order valence-corrected chi connectivity index (χ4v) is 2.35. The molecule has 0 aromatic carbocycles. The van der Waals surface area contributed by atoms with Gasteiger partial charge < -0.3 is 9.88 Å². The molecule has 0 fully saturated rings. The number of nitrogens with zero attached hydrogens (tertiary/aromatic N) is 3. The summed E-state index contributed by atoms with van der Waals surface area (Å²) in [7, 11) is 1.67. The summed E-state index contributed by atoms with van der Waals surface area (Å²) in [6.07, 6.45) is 5.07. The molecule has 0 radical (unpaired) electrons. The largest absolute Gasteiger partial charge is 0.359 e. The molecule has 0 saturated heterocycles. The topological polar surface area (TPSA) is 59.8 Å². The van der Waals surface area contributed by atoms with Crippen molar-refractivity contribution >= 4 is 17.1 Å². The van der Waals surface area contributed by atoms with Gasteiger partial charge in [-0.3, -0.25) is 4.79 Å². The van der Waals surface area contributed by atoms with E-state index in [1.165, 1.54) is 0 Å². The minimum absolute atomic E-state index is 0.0815. The molecule has 0 aliphatic carbocycles. The van der Waals surface area contributed by atoms with E-state index in [1.807, 2.05) is 18.3 Å². The maximum Gasteiger partial charge on any atom is 0.219 e. The molecule has 0 aliphatic rings. The summed E-state index contributed by atoms with van der Waals surface area (Å²) >= 11 is 0. The van der Waals surface area contributed by atoms with Gasteiger partial charge in [0, 0.05) is 32.6 Å². The molecule has 0 aliphatic heterocycles. The molecule has 0 unspecified atom stereocenters. The smallest absolute Gasteiger partial charge is 0.219 e. The highest BCUT2D eigenvalue weighted by Crippen LogP contribution is 2.17. The second-order valence-corrected chi connectivity index (χ2v) is 5.74. The zero-order valence-corrected chi connectivity index (χ0v) is 13.1. The molecule has 2 aromatic rings. The molecular formula is C16H24N4O. The highest BCUT2D eigenvalue weighted by atomic mass is 16.1. The van der Waals surface area contributed by atoms with Crippen LogP contribution in [0.25, 0.3) is 11.2 Å². The van der Waals surface area contributed by atoms with Crippen molar-refractivity contribution in [2.75, 3.05) is 7.05 Å². The Hall–Kier alpha value is -1.91. The molecule has 114 valence electrons. The summed E-state index contributed by atoms with van der Waals surface area (Å²) < 4.78 is 2.21. The molecule has 0 atom stereocenters. The summed E-state index contributed by atoms with van der Waals surface area (Å²) in [5, 5.41) is 2.65. The lowest BCUT2D eigenvalue weighted by atomic mass is 10.1. The maximum absolute atomic E-state index is 11.3. The van der Waals surface area contributed by atoms with E-state index in [4.69, 9.17) is 0 Å². The van der Waals surface area contributed by atoms with Gasteiger partial charge in [-0.25, -0.2) is 9.97 Å². The van der Waals surface area contributed by atoms with Gasteiger partial charge in [-0.05, 0) is 30.9 Å². The Kier molecular flexibility index (Phi) is 5.31. The maximum atomic E-state index is 11.3.